The highest BCUT2D eigenvalue weighted by Gasteiger charge is 2.31. The average Bonchev–Trinajstić information content (AvgIpc) is 2.76. The third-order valence-corrected chi connectivity index (χ3v) is 4.54. The normalized spacial score (nSPS) is 12.5. The molecule has 2 unspecified atom stereocenters. The van der Waals surface area contributed by atoms with E-state index in [4.69, 9.17) is 18.9 Å². The van der Waals surface area contributed by atoms with Crippen molar-refractivity contribution in [3.8, 4) is 11.5 Å². The molecule has 2 rings (SSSR count). The monoisotopic (exact) mass is 430 g/mol. The maximum atomic E-state index is 12.6. The van der Waals surface area contributed by atoms with Gasteiger partial charge in [-0.2, -0.15) is 0 Å². The molecule has 0 fully saturated rings. The van der Waals surface area contributed by atoms with Crippen LogP contribution in [0.25, 0.3) is 0 Å². The first-order chi connectivity index (χ1) is 15.0. The number of aliphatic hydroxyl groups excluding tert-OH is 1. The summed E-state index contributed by atoms with van der Waals surface area (Å²) in [6.07, 6.45) is -0.372. The van der Waals surface area contributed by atoms with Gasteiger partial charge >= 0.3 is 12.1 Å². The lowest BCUT2D eigenvalue weighted by Crippen LogP contribution is -2.23. The van der Waals surface area contributed by atoms with Gasteiger partial charge in [-0.15, -0.1) is 0 Å². The molecule has 7 heteroatoms. The van der Waals surface area contributed by atoms with Gasteiger partial charge in [0.25, 0.3) is 0 Å². The Balaban J connectivity index is 2.29. The summed E-state index contributed by atoms with van der Waals surface area (Å²) < 4.78 is 21.0. The molecular weight excluding hydrogens is 400 g/mol. The number of hydrogen-bond acceptors (Lipinski definition) is 7. The molecule has 168 valence electrons. The van der Waals surface area contributed by atoms with Crippen LogP contribution in [-0.4, -0.2) is 37.1 Å². The van der Waals surface area contributed by atoms with E-state index in [2.05, 4.69) is 0 Å². The SMILES string of the molecule is CCCCOC(=O)Oc1ccc(C(O)C(C(=O)OCC)c2ccccc2)cc1OCC. The molecule has 31 heavy (non-hydrogen) atoms. The van der Waals surface area contributed by atoms with Crippen LogP contribution in [-0.2, 0) is 14.3 Å². The van der Waals surface area contributed by atoms with Crippen molar-refractivity contribution in [2.24, 2.45) is 0 Å². The Morgan fingerprint density at radius 1 is 0.903 bits per heavy atom. The number of carbonyl (C=O) groups excluding carboxylic acids is 2. The summed E-state index contributed by atoms with van der Waals surface area (Å²) in [5, 5.41) is 11.1. The fourth-order valence-electron chi connectivity index (χ4n) is 3.01. The number of esters is 1. The van der Waals surface area contributed by atoms with Gasteiger partial charge in [0.2, 0.25) is 0 Å². The Hall–Kier alpha value is -3.06. The maximum Gasteiger partial charge on any atom is 0.513 e. The highest BCUT2D eigenvalue weighted by molar-refractivity contribution is 5.79. The van der Waals surface area contributed by atoms with E-state index in [1.54, 1.807) is 50.2 Å². The third kappa shape index (κ3) is 7.00. The molecule has 1 N–H and O–H groups in total. The maximum absolute atomic E-state index is 12.6. The lowest BCUT2D eigenvalue weighted by Gasteiger charge is -2.23. The van der Waals surface area contributed by atoms with Gasteiger partial charge in [0.05, 0.1) is 25.9 Å². The summed E-state index contributed by atoms with van der Waals surface area (Å²) in [6, 6.07) is 13.6. The number of carbonyl (C=O) groups is 2. The van der Waals surface area contributed by atoms with Crippen molar-refractivity contribution in [1.29, 1.82) is 0 Å². The van der Waals surface area contributed by atoms with Gasteiger partial charge < -0.3 is 24.1 Å². The van der Waals surface area contributed by atoms with Crippen molar-refractivity contribution in [2.75, 3.05) is 19.8 Å². The lowest BCUT2D eigenvalue weighted by molar-refractivity contribution is -0.148. The Kier molecular flexibility index (Phi) is 9.84. The molecule has 0 saturated heterocycles. The summed E-state index contributed by atoms with van der Waals surface area (Å²) in [6.45, 7) is 6.29. The van der Waals surface area contributed by atoms with Crippen LogP contribution in [0.1, 0.15) is 56.8 Å². The first-order valence-corrected chi connectivity index (χ1v) is 10.5. The van der Waals surface area contributed by atoms with Crippen LogP contribution in [0.4, 0.5) is 4.79 Å². The van der Waals surface area contributed by atoms with Gasteiger partial charge in [-0.3, -0.25) is 4.79 Å². The first kappa shape index (κ1) is 24.2. The van der Waals surface area contributed by atoms with Crippen molar-refractivity contribution in [3.05, 3.63) is 59.7 Å². The molecular formula is C24H30O7. The minimum Gasteiger partial charge on any atom is -0.490 e. The van der Waals surface area contributed by atoms with Crippen LogP contribution in [0.3, 0.4) is 0 Å². The largest absolute Gasteiger partial charge is 0.513 e. The van der Waals surface area contributed by atoms with E-state index < -0.39 is 24.1 Å². The fraction of sp³-hybridized carbons (Fsp3) is 0.417. The van der Waals surface area contributed by atoms with Gasteiger partial charge in [0, 0.05) is 0 Å². The zero-order valence-corrected chi connectivity index (χ0v) is 18.2. The molecule has 0 aliphatic heterocycles. The minimum absolute atomic E-state index is 0.173. The fourth-order valence-corrected chi connectivity index (χ4v) is 3.01. The zero-order valence-electron chi connectivity index (χ0n) is 18.2. The van der Waals surface area contributed by atoms with Gasteiger partial charge in [-0.05, 0) is 43.5 Å². The molecule has 0 spiro atoms. The topological polar surface area (TPSA) is 91.3 Å². The number of rotatable bonds is 11. The van der Waals surface area contributed by atoms with Gasteiger partial charge in [-0.1, -0.05) is 49.7 Å². The molecule has 0 saturated carbocycles. The van der Waals surface area contributed by atoms with Crippen LogP contribution >= 0.6 is 0 Å². The lowest BCUT2D eigenvalue weighted by atomic mass is 9.89. The van der Waals surface area contributed by atoms with E-state index in [0.29, 0.717) is 17.7 Å². The molecule has 0 aromatic heterocycles. The number of unbranched alkanes of at least 4 members (excludes halogenated alkanes) is 1. The van der Waals surface area contributed by atoms with Crippen LogP contribution in [0.5, 0.6) is 11.5 Å². The second-order valence-corrected chi connectivity index (χ2v) is 6.78. The molecule has 7 nitrogen and oxygen atoms in total. The second kappa shape index (κ2) is 12.6. The molecule has 0 radical (unpaired) electrons. The summed E-state index contributed by atoms with van der Waals surface area (Å²) in [4.78, 5) is 24.5. The molecule has 0 aliphatic carbocycles. The van der Waals surface area contributed by atoms with Gasteiger partial charge in [0.1, 0.15) is 5.92 Å². The summed E-state index contributed by atoms with van der Waals surface area (Å²) in [5.74, 6) is -1.01. The molecule has 0 amide bonds. The highest BCUT2D eigenvalue weighted by Crippen LogP contribution is 2.37. The van der Waals surface area contributed by atoms with E-state index in [-0.39, 0.29) is 24.7 Å². The van der Waals surface area contributed by atoms with Crippen LogP contribution in [0.2, 0.25) is 0 Å². The van der Waals surface area contributed by atoms with Gasteiger partial charge in [-0.25, -0.2) is 4.79 Å². The molecule has 2 atom stereocenters. The quantitative estimate of drug-likeness (QED) is 0.312. The summed E-state index contributed by atoms with van der Waals surface area (Å²) >= 11 is 0. The Bertz CT molecular complexity index is 835. The van der Waals surface area contributed by atoms with E-state index in [0.717, 1.165) is 12.8 Å². The average molecular weight is 430 g/mol. The van der Waals surface area contributed by atoms with E-state index in [9.17, 15) is 14.7 Å². The van der Waals surface area contributed by atoms with Crippen molar-refractivity contribution in [3.63, 3.8) is 0 Å². The second-order valence-electron chi connectivity index (χ2n) is 6.78. The van der Waals surface area contributed by atoms with Crippen molar-refractivity contribution >= 4 is 12.1 Å². The van der Waals surface area contributed by atoms with Crippen LogP contribution in [0, 0.1) is 0 Å². The summed E-state index contributed by atoms with van der Waals surface area (Å²) in [5.41, 5.74) is 1.06. The third-order valence-electron chi connectivity index (χ3n) is 4.54. The Morgan fingerprint density at radius 3 is 2.29 bits per heavy atom. The summed E-state index contributed by atoms with van der Waals surface area (Å²) in [7, 11) is 0. The smallest absolute Gasteiger partial charge is 0.490 e. The van der Waals surface area contributed by atoms with Gasteiger partial charge in [0.15, 0.2) is 11.5 Å². The van der Waals surface area contributed by atoms with Crippen LogP contribution < -0.4 is 9.47 Å². The molecule has 2 aromatic carbocycles. The number of aliphatic hydroxyl groups is 1. The molecule has 2 aromatic rings. The highest BCUT2D eigenvalue weighted by atomic mass is 16.7. The first-order valence-electron chi connectivity index (χ1n) is 10.5. The van der Waals surface area contributed by atoms with E-state index in [1.165, 1.54) is 6.07 Å². The van der Waals surface area contributed by atoms with E-state index in [1.807, 2.05) is 13.0 Å². The van der Waals surface area contributed by atoms with Crippen molar-refractivity contribution in [2.45, 2.75) is 45.6 Å². The van der Waals surface area contributed by atoms with Crippen LogP contribution in [0.15, 0.2) is 48.5 Å². The van der Waals surface area contributed by atoms with E-state index >= 15 is 0 Å². The van der Waals surface area contributed by atoms with Crippen molar-refractivity contribution < 1.29 is 33.6 Å². The molecule has 0 aliphatic rings. The predicted octanol–water partition coefficient (Wildman–Crippen LogP) is 4.78. The Labute approximate surface area is 182 Å². The standard InChI is InChI=1S/C24H30O7/c1-4-7-15-30-24(27)31-19-14-13-18(16-20(19)28-5-2)22(25)21(23(26)29-6-3)17-11-9-8-10-12-17/h8-14,16,21-22,25H,4-7,15H2,1-3H3. The zero-order chi connectivity index (χ0) is 22.6. The molecule has 0 heterocycles. The molecule has 0 bridgehead atoms. The van der Waals surface area contributed by atoms with Crippen molar-refractivity contribution in [1.82, 2.24) is 0 Å². The Morgan fingerprint density at radius 2 is 1.65 bits per heavy atom. The number of hydrogen-bond donors (Lipinski definition) is 1. The number of ether oxygens (including phenoxy) is 4. The predicted molar refractivity (Wildman–Crippen MR) is 115 cm³/mol. The number of benzene rings is 2. The minimum atomic E-state index is -1.19.